The summed E-state index contributed by atoms with van der Waals surface area (Å²) in [6.07, 6.45) is 4.21. The molecule has 0 aliphatic carbocycles. The summed E-state index contributed by atoms with van der Waals surface area (Å²) in [7, 11) is 4.46. The molecule has 31 heavy (non-hydrogen) atoms. The lowest BCUT2D eigenvalue weighted by Crippen LogP contribution is -2.61. The van der Waals surface area contributed by atoms with Crippen LogP contribution in [-0.2, 0) is 0 Å². The van der Waals surface area contributed by atoms with E-state index >= 15 is 0 Å². The second-order valence-corrected chi connectivity index (χ2v) is 12.4. The first-order valence-corrected chi connectivity index (χ1v) is 11.8. The van der Waals surface area contributed by atoms with Crippen molar-refractivity contribution in [1.82, 2.24) is 24.8 Å². The van der Waals surface area contributed by atoms with E-state index in [0.717, 1.165) is 31.5 Å². The van der Waals surface area contributed by atoms with Crippen LogP contribution in [0.2, 0.25) is 0 Å². The van der Waals surface area contributed by atoms with Crippen molar-refractivity contribution >= 4 is 11.9 Å². The van der Waals surface area contributed by atoms with Crippen molar-refractivity contribution in [1.29, 1.82) is 0 Å². The summed E-state index contributed by atoms with van der Waals surface area (Å²) in [5.41, 5.74) is 0.476. The molecule has 2 fully saturated rings. The van der Waals surface area contributed by atoms with Crippen molar-refractivity contribution in [2.24, 2.45) is 0 Å². The maximum absolute atomic E-state index is 4.78. The van der Waals surface area contributed by atoms with Gasteiger partial charge in [-0.2, -0.15) is 15.0 Å². The topological polar surface area (TPSA) is 69.2 Å². The van der Waals surface area contributed by atoms with Gasteiger partial charge in [0.1, 0.15) is 5.82 Å². The first kappa shape index (κ1) is 24.2. The van der Waals surface area contributed by atoms with Crippen LogP contribution in [-0.4, -0.2) is 73.1 Å². The molecule has 2 N–H and O–H groups in total. The maximum Gasteiger partial charge on any atom is 0.227 e. The van der Waals surface area contributed by atoms with Crippen molar-refractivity contribution in [3.63, 3.8) is 0 Å². The molecule has 0 saturated carbocycles. The van der Waals surface area contributed by atoms with Crippen molar-refractivity contribution in [3.8, 4) is 0 Å². The lowest BCUT2D eigenvalue weighted by atomic mass is 9.77. The fourth-order valence-electron chi connectivity index (χ4n) is 5.92. The summed E-state index contributed by atoms with van der Waals surface area (Å²) in [5, 5.41) is 7.27. The molecule has 176 valence electrons. The van der Waals surface area contributed by atoms with Crippen LogP contribution in [0.1, 0.15) is 86.9 Å². The van der Waals surface area contributed by atoms with Crippen LogP contribution in [0.4, 0.5) is 11.9 Å². The third kappa shape index (κ3) is 5.14. The van der Waals surface area contributed by atoms with Crippen LogP contribution in [0.25, 0.3) is 0 Å². The molecule has 0 amide bonds. The Bertz CT molecular complexity index is 701. The van der Waals surface area contributed by atoms with Gasteiger partial charge in [0, 0.05) is 34.2 Å². The Balaban J connectivity index is 1.75. The van der Waals surface area contributed by atoms with Crippen LogP contribution in [0.3, 0.4) is 0 Å². The van der Waals surface area contributed by atoms with E-state index in [1.807, 2.05) is 6.92 Å². The molecule has 1 aromatic rings. The summed E-state index contributed by atoms with van der Waals surface area (Å²) in [6.45, 7) is 20.5. The third-order valence-electron chi connectivity index (χ3n) is 8.03. The van der Waals surface area contributed by atoms with Crippen LogP contribution in [0, 0.1) is 6.92 Å². The molecular formula is C24H45N7. The third-order valence-corrected chi connectivity index (χ3v) is 8.03. The number of anilines is 2. The highest BCUT2D eigenvalue weighted by atomic mass is 15.3. The number of nitrogens with one attached hydrogen (secondary N) is 2. The highest BCUT2D eigenvalue weighted by molar-refractivity contribution is 5.37. The second kappa shape index (κ2) is 7.84. The average Bonchev–Trinajstić information content (AvgIpc) is 2.56. The van der Waals surface area contributed by atoms with Crippen molar-refractivity contribution < 1.29 is 0 Å². The number of aryl methyl sites for hydroxylation is 1. The Hall–Kier alpha value is -1.47. The van der Waals surface area contributed by atoms with Gasteiger partial charge < -0.3 is 10.6 Å². The van der Waals surface area contributed by atoms with Crippen molar-refractivity contribution in [2.45, 2.75) is 122 Å². The van der Waals surface area contributed by atoms with E-state index in [0.29, 0.717) is 24.0 Å². The largest absolute Gasteiger partial charge is 0.351 e. The van der Waals surface area contributed by atoms with Gasteiger partial charge in [-0.25, -0.2) is 0 Å². The molecule has 0 spiro atoms. The summed E-state index contributed by atoms with van der Waals surface area (Å²) >= 11 is 0. The first-order chi connectivity index (χ1) is 14.0. The number of rotatable bonds is 4. The zero-order valence-electron chi connectivity index (χ0n) is 21.7. The van der Waals surface area contributed by atoms with Gasteiger partial charge in [0.25, 0.3) is 0 Å². The molecule has 0 radical (unpaired) electrons. The molecule has 2 aliphatic rings. The normalized spacial score (nSPS) is 26.5. The van der Waals surface area contributed by atoms with Gasteiger partial charge in [-0.05, 0) is 102 Å². The number of nitrogens with zero attached hydrogens (tertiary/aromatic N) is 5. The quantitative estimate of drug-likeness (QED) is 0.736. The molecule has 0 aromatic carbocycles. The van der Waals surface area contributed by atoms with E-state index < -0.39 is 0 Å². The predicted octanol–water partition coefficient (Wildman–Crippen LogP) is 4.31. The molecule has 2 saturated heterocycles. The second-order valence-electron chi connectivity index (χ2n) is 12.4. The fourth-order valence-corrected chi connectivity index (χ4v) is 5.92. The first-order valence-electron chi connectivity index (χ1n) is 11.8. The van der Waals surface area contributed by atoms with E-state index in [1.54, 1.807) is 0 Å². The number of piperidine rings is 2. The lowest BCUT2D eigenvalue weighted by molar-refractivity contribution is -0.00791. The molecule has 0 bridgehead atoms. The Morgan fingerprint density at radius 3 is 1.19 bits per heavy atom. The van der Waals surface area contributed by atoms with Gasteiger partial charge in [0.2, 0.25) is 11.9 Å². The molecular weight excluding hydrogens is 386 g/mol. The number of hydrogen-bond acceptors (Lipinski definition) is 7. The summed E-state index contributed by atoms with van der Waals surface area (Å²) in [6, 6.07) is 0.661. The van der Waals surface area contributed by atoms with Crippen molar-refractivity contribution in [3.05, 3.63) is 5.82 Å². The molecule has 2 aliphatic heterocycles. The Labute approximate surface area is 189 Å². The molecule has 7 nitrogen and oxygen atoms in total. The summed E-state index contributed by atoms with van der Waals surface area (Å²) < 4.78 is 0. The minimum atomic E-state index is 0.119. The monoisotopic (exact) mass is 431 g/mol. The van der Waals surface area contributed by atoms with Gasteiger partial charge in [0.05, 0.1) is 0 Å². The van der Waals surface area contributed by atoms with E-state index in [9.17, 15) is 0 Å². The van der Waals surface area contributed by atoms with E-state index in [-0.39, 0.29) is 22.2 Å². The highest BCUT2D eigenvalue weighted by Gasteiger charge is 2.44. The van der Waals surface area contributed by atoms with E-state index in [4.69, 9.17) is 4.98 Å². The van der Waals surface area contributed by atoms with Gasteiger partial charge in [0.15, 0.2) is 0 Å². The molecule has 0 unspecified atom stereocenters. The number of likely N-dealkylation sites (tertiary alicyclic amines) is 2. The SMILES string of the molecule is Cc1nc(NC2CC(C)(C)N(C)C(C)(C)C2)nc(NC2CC(C)(C)N(C)C(C)(C)C2)n1. The Morgan fingerprint density at radius 1 is 0.613 bits per heavy atom. The summed E-state index contributed by atoms with van der Waals surface area (Å²) in [4.78, 5) is 19.0. The minimum absolute atomic E-state index is 0.119. The van der Waals surface area contributed by atoms with Crippen LogP contribution < -0.4 is 10.6 Å². The van der Waals surface area contributed by atoms with Crippen LogP contribution in [0.5, 0.6) is 0 Å². The highest BCUT2D eigenvalue weighted by Crippen LogP contribution is 2.39. The van der Waals surface area contributed by atoms with Gasteiger partial charge in [-0.1, -0.05) is 0 Å². The van der Waals surface area contributed by atoms with Crippen molar-refractivity contribution in [2.75, 3.05) is 24.7 Å². The summed E-state index contributed by atoms with van der Waals surface area (Å²) in [5.74, 6) is 2.11. The molecule has 0 atom stereocenters. The lowest BCUT2D eigenvalue weighted by Gasteiger charge is -2.53. The zero-order valence-corrected chi connectivity index (χ0v) is 21.7. The van der Waals surface area contributed by atoms with Crippen LogP contribution >= 0.6 is 0 Å². The standard InChI is InChI=1S/C24H45N7/c1-16-25-19(27-17-12-21(2,3)30(10)22(4,5)13-17)29-20(26-16)28-18-14-23(6,7)31(11)24(8,9)15-18/h17-18H,12-15H2,1-11H3,(H2,25,26,27,28,29). The minimum Gasteiger partial charge on any atom is -0.351 e. The zero-order chi connectivity index (χ0) is 23.4. The van der Waals surface area contributed by atoms with Gasteiger partial charge in [-0.15, -0.1) is 0 Å². The van der Waals surface area contributed by atoms with Gasteiger partial charge in [-0.3, -0.25) is 9.80 Å². The number of aromatic nitrogens is 3. The Kier molecular flexibility index (Phi) is 6.11. The predicted molar refractivity (Wildman–Crippen MR) is 130 cm³/mol. The van der Waals surface area contributed by atoms with E-state index in [1.165, 1.54) is 0 Å². The molecule has 7 heteroatoms. The molecule has 3 heterocycles. The smallest absolute Gasteiger partial charge is 0.227 e. The van der Waals surface area contributed by atoms with Crippen LogP contribution in [0.15, 0.2) is 0 Å². The molecule has 3 rings (SSSR count). The average molecular weight is 432 g/mol. The maximum atomic E-state index is 4.78. The van der Waals surface area contributed by atoms with Gasteiger partial charge >= 0.3 is 0 Å². The van der Waals surface area contributed by atoms with E-state index in [2.05, 4.69) is 99.9 Å². The molecule has 1 aromatic heterocycles. The fraction of sp³-hybridized carbons (Fsp3) is 0.875. The Morgan fingerprint density at radius 2 is 0.903 bits per heavy atom. The number of hydrogen-bond donors (Lipinski definition) is 2.